The summed E-state index contributed by atoms with van der Waals surface area (Å²) in [5.41, 5.74) is 2.71. The highest BCUT2D eigenvalue weighted by Crippen LogP contribution is 2.37. The molecule has 0 radical (unpaired) electrons. The zero-order valence-corrected chi connectivity index (χ0v) is 18.5. The van der Waals surface area contributed by atoms with Crippen molar-refractivity contribution in [2.24, 2.45) is 0 Å². The van der Waals surface area contributed by atoms with Crippen LogP contribution in [0.1, 0.15) is 18.5 Å². The third kappa shape index (κ3) is 3.96. The number of hydrogen-bond donors (Lipinski definition) is 2. The van der Waals surface area contributed by atoms with Crippen molar-refractivity contribution in [3.05, 3.63) is 65.6 Å². The lowest BCUT2D eigenvalue weighted by molar-refractivity contribution is -0.113. The number of carbonyl (C=O) groups is 1. The van der Waals surface area contributed by atoms with Crippen molar-refractivity contribution in [2.45, 2.75) is 17.9 Å². The molecule has 0 bridgehead atoms. The minimum absolute atomic E-state index is 0.267. The quantitative estimate of drug-likeness (QED) is 0.565. The molecular formula is C22H23N5O3S. The number of aromatic nitrogens is 3. The van der Waals surface area contributed by atoms with E-state index in [2.05, 4.69) is 20.7 Å². The minimum Gasteiger partial charge on any atom is -0.497 e. The maximum atomic E-state index is 13.5. The number of rotatable bonds is 6. The third-order valence-corrected chi connectivity index (χ3v) is 5.87. The Kier molecular flexibility index (Phi) is 5.85. The average Bonchev–Trinajstić information content (AvgIpc) is 3.26. The number of nitrogens with one attached hydrogen (secondary N) is 2. The molecule has 1 aromatic heterocycles. The molecule has 160 valence electrons. The van der Waals surface area contributed by atoms with Gasteiger partial charge in [-0.25, -0.2) is 4.68 Å². The van der Waals surface area contributed by atoms with E-state index >= 15 is 0 Å². The molecule has 31 heavy (non-hydrogen) atoms. The summed E-state index contributed by atoms with van der Waals surface area (Å²) in [6.45, 7) is 1.86. The Bertz CT molecular complexity index is 1140. The molecule has 0 saturated heterocycles. The van der Waals surface area contributed by atoms with Crippen LogP contribution in [0.15, 0.2) is 65.0 Å². The molecule has 8 nitrogen and oxygen atoms in total. The van der Waals surface area contributed by atoms with E-state index in [0.29, 0.717) is 34.4 Å². The molecule has 1 atom stereocenters. The van der Waals surface area contributed by atoms with E-state index in [9.17, 15) is 4.79 Å². The van der Waals surface area contributed by atoms with E-state index in [0.717, 1.165) is 10.5 Å². The summed E-state index contributed by atoms with van der Waals surface area (Å²) in [5, 5.41) is 10.5. The van der Waals surface area contributed by atoms with Crippen LogP contribution in [-0.4, -0.2) is 41.1 Å². The Morgan fingerprint density at radius 2 is 1.94 bits per heavy atom. The van der Waals surface area contributed by atoms with Gasteiger partial charge in [0.2, 0.25) is 5.95 Å². The third-order valence-electron chi connectivity index (χ3n) is 5.13. The first-order valence-electron chi connectivity index (χ1n) is 9.60. The number of benzene rings is 2. The first kappa shape index (κ1) is 20.8. The molecule has 2 heterocycles. The zero-order chi connectivity index (χ0) is 22.0. The predicted molar refractivity (Wildman–Crippen MR) is 121 cm³/mol. The summed E-state index contributed by atoms with van der Waals surface area (Å²) in [7, 11) is 3.13. The zero-order valence-electron chi connectivity index (χ0n) is 17.7. The maximum absolute atomic E-state index is 13.5. The summed E-state index contributed by atoms with van der Waals surface area (Å²) in [4.78, 5) is 18.9. The van der Waals surface area contributed by atoms with Crippen LogP contribution in [0.4, 0.5) is 11.6 Å². The van der Waals surface area contributed by atoms with Gasteiger partial charge in [-0.05, 0) is 43.0 Å². The van der Waals surface area contributed by atoms with Crippen LogP contribution < -0.4 is 20.1 Å². The number of hydrogen-bond acceptors (Lipinski definition) is 7. The normalized spacial score (nSPS) is 15.2. The van der Waals surface area contributed by atoms with Gasteiger partial charge >= 0.3 is 0 Å². The number of thioether (sulfide) groups is 1. The monoisotopic (exact) mass is 437 g/mol. The Morgan fingerprint density at radius 1 is 1.16 bits per heavy atom. The lowest BCUT2D eigenvalue weighted by atomic mass is 9.95. The van der Waals surface area contributed by atoms with Crippen molar-refractivity contribution in [1.29, 1.82) is 0 Å². The first-order chi connectivity index (χ1) is 15.0. The number of ether oxygens (including phenoxy) is 2. The average molecular weight is 438 g/mol. The number of carbonyl (C=O) groups excluding carboxylic acids is 1. The number of amides is 1. The van der Waals surface area contributed by atoms with Gasteiger partial charge < -0.3 is 20.1 Å². The number of fused-ring (bicyclic) bond motifs is 1. The summed E-state index contributed by atoms with van der Waals surface area (Å²) >= 11 is 1.66. The van der Waals surface area contributed by atoms with Gasteiger partial charge in [0, 0.05) is 16.7 Å². The molecule has 0 unspecified atom stereocenters. The van der Waals surface area contributed by atoms with Crippen LogP contribution >= 0.6 is 11.8 Å². The highest BCUT2D eigenvalue weighted by molar-refractivity contribution is 7.98. The summed E-state index contributed by atoms with van der Waals surface area (Å²) in [6, 6.07) is 12.9. The van der Waals surface area contributed by atoms with E-state index in [4.69, 9.17) is 9.47 Å². The Morgan fingerprint density at radius 3 is 2.61 bits per heavy atom. The van der Waals surface area contributed by atoms with Crippen LogP contribution in [0, 0.1) is 0 Å². The van der Waals surface area contributed by atoms with E-state index in [1.807, 2.05) is 37.4 Å². The number of allylic oxidation sites excluding steroid dienone is 1. The molecule has 1 amide bonds. The molecule has 0 aliphatic carbocycles. The molecule has 2 aromatic carbocycles. The lowest BCUT2D eigenvalue weighted by Crippen LogP contribution is -2.31. The minimum atomic E-state index is -0.425. The SMILES string of the molecule is COc1ccc(OC)c(NC(=O)C2=C(C)Nc3ncnn3[C@@H]2c2ccc(SC)cc2)c1. The summed E-state index contributed by atoms with van der Waals surface area (Å²) in [5.74, 6) is 1.48. The fraction of sp³-hybridized carbons (Fsp3) is 0.227. The fourth-order valence-corrected chi connectivity index (χ4v) is 3.99. The van der Waals surface area contributed by atoms with Gasteiger partial charge in [0.25, 0.3) is 5.91 Å². The standard InChI is InChI=1S/C22H23N5O3S/c1-13-19(21(28)26-17-11-15(29-2)7-10-18(17)30-3)20(27-22(25-13)23-12-24-27)14-5-8-16(31-4)9-6-14/h5-12,20H,1-4H3,(H,26,28)(H,23,24,25)/t20-/m1/s1. The van der Waals surface area contributed by atoms with Crippen LogP contribution in [0.3, 0.4) is 0 Å². The molecule has 0 saturated carbocycles. The van der Waals surface area contributed by atoms with Crippen LogP contribution in [0.25, 0.3) is 0 Å². The lowest BCUT2D eigenvalue weighted by Gasteiger charge is -2.29. The molecule has 1 aliphatic heterocycles. The van der Waals surface area contributed by atoms with Gasteiger partial charge in [-0.3, -0.25) is 4.79 Å². The van der Waals surface area contributed by atoms with E-state index in [1.165, 1.54) is 6.33 Å². The Labute approximate surface area is 184 Å². The molecule has 4 rings (SSSR count). The molecule has 2 N–H and O–H groups in total. The molecule has 3 aromatic rings. The summed E-state index contributed by atoms with van der Waals surface area (Å²) < 4.78 is 12.4. The fourth-order valence-electron chi connectivity index (χ4n) is 3.58. The van der Waals surface area contributed by atoms with Crippen LogP contribution in [0.2, 0.25) is 0 Å². The molecule has 1 aliphatic rings. The predicted octanol–water partition coefficient (Wildman–Crippen LogP) is 3.94. The van der Waals surface area contributed by atoms with Crippen molar-refractivity contribution in [3.8, 4) is 11.5 Å². The molecule has 0 fully saturated rings. The van der Waals surface area contributed by atoms with Gasteiger partial charge in [-0.2, -0.15) is 10.1 Å². The largest absolute Gasteiger partial charge is 0.497 e. The second-order valence-corrected chi connectivity index (χ2v) is 7.77. The molecule has 9 heteroatoms. The van der Waals surface area contributed by atoms with Gasteiger partial charge in [-0.1, -0.05) is 12.1 Å². The molecule has 0 spiro atoms. The number of nitrogens with zero attached hydrogens (tertiary/aromatic N) is 3. The van der Waals surface area contributed by atoms with Crippen molar-refractivity contribution in [2.75, 3.05) is 31.1 Å². The second-order valence-electron chi connectivity index (χ2n) is 6.89. The highest BCUT2D eigenvalue weighted by atomic mass is 32.2. The van der Waals surface area contributed by atoms with Crippen molar-refractivity contribution < 1.29 is 14.3 Å². The first-order valence-corrected chi connectivity index (χ1v) is 10.8. The van der Waals surface area contributed by atoms with Crippen molar-refractivity contribution in [1.82, 2.24) is 14.8 Å². The number of anilines is 2. The van der Waals surface area contributed by atoms with E-state index < -0.39 is 6.04 Å². The number of methoxy groups -OCH3 is 2. The second kappa shape index (κ2) is 8.73. The van der Waals surface area contributed by atoms with Crippen LogP contribution in [0.5, 0.6) is 11.5 Å². The topological polar surface area (TPSA) is 90.3 Å². The highest BCUT2D eigenvalue weighted by Gasteiger charge is 2.33. The van der Waals surface area contributed by atoms with Crippen LogP contribution in [-0.2, 0) is 4.79 Å². The van der Waals surface area contributed by atoms with Crippen molar-refractivity contribution >= 4 is 29.3 Å². The van der Waals surface area contributed by atoms with Gasteiger partial charge in [0.05, 0.1) is 25.5 Å². The smallest absolute Gasteiger partial charge is 0.255 e. The Balaban J connectivity index is 1.75. The van der Waals surface area contributed by atoms with E-state index in [-0.39, 0.29) is 5.91 Å². The van der Waals surface area contributed by atoms with Crippen molar-refractivity contribution in [3.63, 3.8) is 0 Å². The summed E-state index contributed by atoms with van der Waals surface area (Å²) in [6.07, 6.45) is 3.50. The Hall–Kier alpha value is -3.46. The van der Waals surface area contributed by atoms with E-state index in [1.54, 1.807) is 48.9 Å². The van der Waals surface area contributed by atoms with Gasteiger partial charge in [-0.15, -0.1) is 11.8 Å². The maximum Gasteiger partial charge on any atom is 0.255 e. The van der Waals surface area contributed by atoms with Gasteiger partial charge in [0.1, 0.15) is 23.9 Å². The molecular weight excluding hydrogens is 414 g/mol. The van der Waals surface area contributed by atoms with Gasteiger partial charge in [0.15, 0.2) is 0 Å².